The zero-order chi connectivity index (χ0) is 21.0. The summed E-state index contributed by atoms with van der Waals surface area (Å²) in [7, 11) is -2.50. The van der Waals surface area contributed by atoms with Gasteiger partial charge in [0, 0.05) is 25.1 Å². The maximum absolute atomic E-state index is 12.3. The first-order chi connectivity index (χ1) is 13.3. The minimum atomic E-state index is -3.89. The number of esters is 1. The van der Waals surface area contributed by atoms with E-state index in [4.69, 9.17) is 11.6 Å². The first-order valence-corrected chi connectivity index (χ1v) is 11.1. The Labute approximate surface area is 170 Å². The van der Waals surface area contributed by atoms with Crippen LogP contribution in [0, 0.1) is 10.1 Å². The number of unbranched alkanes of at least 4 members (excludes halogenated alkanes) is 7. The molecule has 0 fully saturated rings. The molecule has 1 aromatic carbocycles. The smallest absolute Gasteiger partial charge is 0.305 e. The molecular weight excluding hydrogens is 408 g/mol. The molecule has 0 aliphatic carbocycles. The molecule has 0 amide bonds. The molecule has 0 spiro atoms. The molecule has 0 aliphatic rings. The van der Waals surface area contributed by atoms with Crippen molar-refractivity contribution < 1.29 is 22.9 Å². The molecule has 1 rings (SSSR count). The fourth-order valence-corrected chi connectivity index (χ4v) is 4.24. The molecule has 10 heteroatoms. The highest BCUT2D eigenvalue weighted by molar-refractivity contribution is 7.89. The minimum Gasteiger partial charge on any atom is -0.469 e. The van der Waals surface area contributed by atoms with Crippen molar-refractivity contribution in [3.63, 3.8) is 0 Å². The maximum atomic E-state index is 12.3. The van der Waals surface area contributed by atoms with E-state index < -0.39 is 14.9 Å². The molecule has 0 radical (unpaired) electrons. The van der Waals surface area contributed by atoms with E-state index >= 15 is 0 Å². The summed E-state index contributed by atoms with van der Waals surface area (Å²) in [5, 5.41) is 10.8. The number of carbonyl (C=O) groups is 1. The van der Waals surface area contributed by atoms with E-state index in [2.05, 4.69) is 9.46 Å². The number of non-ortho nitro benzene ring substituents is 1. The molecule has 1 N–H and O–H groups in total. The lowest BCUT2D eigenvalue weighted by molar-refractivity contribution is -0.385. The summed E-state index contributed by atoms with van der Waals surface area (Å²) in [4.78, 5) is 20.8. The van der Waals surface area contributed by atoms with Gasteiger partial charge in [0.15, 0.2) is 0 Å². The van der Waals surface area contributed by atoms with Gasteiger partial charge >= 0.3 is 5.97 Å². The molecule has 0 unspecified atom stereocenters. The van der Waals surface area contributed by atoms with Crippen LogP contribution in [0.25, 0.3) is 0 Å². The molecule has 0 atom stereocenters. The van der Waals surface area contributed by atoms with Crippen LogP contribution < -0.4 is 4.72 Å². The molecule has 0 heterocycles. The number of methoxy groups -OCH3 is 1. The van der Waals surface area contributed by atoms with Gasteiger partial charge in [-0.3, -0.25) is 14.9 Å². The van der Waals surface area contributed by atoms with E-state index in [0.717, 1.165) is 57.1 Å². The highest BCUT2D eigenvalue weighted by Crippen LogP contribution is 2.26. The largest absolute Gasteiger partial charge is 0.469 e. The minimum absolute atomic E-state index is 0.0506. The molecule has 0 bridgehead atoms. The molecule has 158 valence electrons. The number of nitrogens with one attached hydrogen (secondary N) is 1. The van der Waals surface area contributed by atoms with Gasteiger partial charge in [-0.15, -0.1) is 0 Å². The zero-order valence-corrected chi connectivity index (χ0v) is 17.6. The van der Waals surface area contributed by atoms with Gasteiger partial charge in [0.05, 0.1) is 17.1 Å². The normalized spacial score (nSPS) is 11.4. The Bertz CT molecular complexity index is 754. The van der Waals surface area contributed by atoms with Crippen LogP contribution in [-0.4, -0.2) is 33.0 Å². The van der Waals surface area contributed by atoms with Crippen molar-refractivity contribution >= 4 is 33.3 Å². The SMILES string of the molecule is COC(=O)CCCCCCCCCCNS(=O)(=O)c1cc([N+](=O)[O-])ccc1Cl. The summed E-state index contributed by atoms with van der Waals surface area (Å²) >= 11 is 5.88. The Morgan fingerprint density at radius 1 is 1.11 bits per heavy atom. The van der Waals surface area contributed by atoms with Crippen LogP contribution >= 0.6 is 11.6 Å². The standard InChI is InChI=1S/C18H27ClN2O6S/c1-27-18(22)10-8-6-4-2-3-5-7-9-13-20-28(25,26)17-14-15(21(23)24)11-12-16(17)19/h11-12,14,20H,2-10,13H2,1H3. The summed E-state index contributed by atoms with van der Waals surface area (Å²) in [6, 6.07) is 3.33. The van der Waals surface area contributed by atoms with Crippen molar-refractivity contribution in [2.45, 2.75) is 62.7 Å². The number of nitrogens with zero attached hydrogens (tertiary/aromatic N) is 1. The number of hydrogen-bond donors (Lipinski definition) is 1. The van der Waals surface area contributed by atoms with Crippen molar-refractivity contribution in [2.75, 3.05) is 13.7 Å². The first-order valence-electron chi connectivity index (χ1n) is 9.28. The van der Waals surface area contributed by atoms with Gasteiger partial charge in [-0.1, -0.05) is 50.1 Å². The Morgan fingerprint density at radius 3 is 2.25 bits per heavy atom. The number of benzene rings is 1. The summed E-state index contributed by atoms with van der Waals surface area (Å²) in [6.07, 6.45) is 8.06. The van der Waals surface area contributed by atoms with Crippen molar-refractivity contribution in [1.82, 2.24) is 4.72 Å². The monoisotopic (exact) mass is 434 g/mol. The third-order valence-electron chi connectivity index (χ3n) is 4.24. The van der Waals surface area contributed by atoms with E-state index in [1.54, 1.807) is 0 Å². The lowest BCUT2D eigenvalue weighted by Crippen LogP contribution is -2.25. The van der Waals surface area contributed by atoms with E-state index in [9.17, 15) is 23.3 Å². The van der Waals surface area contributed by atoms with Gasteiger partial charge in [0.25, 0.3) is 5.69 Å². The van der Waals surface area contributed by atoms with E-state index in [1.165, 1.54) is 13.2 Å². The molecule has 0 saturated heterocycles. The highest BCUT2D eigenvalue weighted by atomic mass is 35.5. The summed E-state index contributed by atoms with van der Waals surface area (Å²) in [6.45, 7) is 0.250. The van der Waals surface area contributed by atoms with E-state index in [-0.39, 0.29) is 28.1 Å². The topological polar surface area (TPSA) is 116 Å². The van der Waals surface area contributed by atoms with Gasteiger partial charge < -0.3 is 4.74 Å². The second-order valence-corrected chi connectivity index (χ2v) is 8.57. The average molecular weight is 435 g/mol. The van der Waals surface area contributed by atoms with Gasteiger partial charge in [0.1, 0.15) is 4.90 Å². The molecule has 28 heavy (non-hydrogen) atoms. The molecule has 1 aromatic rings. The molecular formula is C18H27ClN2O6S. The fourth-order valence-electron chi connectivity index (χ4n) is 2.65. The molecule has 8 nitrogen and oxygen atoms in total. The Hall–Kier alpha value is -1.71. The van der Waals surface area contributed by atoms with Gasteiger partial charge in [-0.2, -0.15) is 0 Å². The number of sulfonamides is 1. The number of rotatable bonds is 14. The summed E-state index contributed by atoms with van der Waals surface area (Å²) in [5.74, 6) is -0.172. The average Bonchev–Trinajstić information content (AvgIpc) is 2.65. The van der Waals surface area contributed by atoms with Crippen LogP contribution in [0.5, 0.6) is 0 Å². The predicted octanol–water partition coefficient (Wildman–Crippen LogP) is 4.21. The van der Waals surface area contributed by atoms with Crippen LogP contribution in [0.3, 0.4) is 0 Å². The van der Waals surface area contributed by atoms with Crippen LogP contribution in [0.2, 0.25) is 5.02 Å². The zero-order valence-electron chi connectivity index (χ0n) is 16.0. The van der Waals surface area contributed by atoms with Gasteiger partial charge in [-0.05, 0) is 18.9 Å². The fraction of sp³-hybridized carbons (Fsp3) is 0.611. The second kappa shape index (κ2) is 12.7. The number of nitro benzene ring substituents is 1. The van der Waals surface area contributed by atoms with Crippen molar-refractivity contribution in [1.29, 1.82) is 0 Å². The van der Waals surface area contributed by atoms with Crippen molar-refractivity contribution in [3.05, 3.63) is 33.3 Å². The van der Waals surface area contributed by atoms with Crippen LogP contribution in [0.15, 0.2) is 23.1 Å². The quantitative estimate of drug-likeness (QED) is 0.203. The number of halogens is 1. The molecule has 0 aliphatic heterocycles. The highest BCUT2D eigenvalue weighted by Gasteiger charge is 2.21. The number of hydrogen-bond acceptors (Lipinski definition) is 6. The third kappa shape index (κ3) is 8.99. The van der Waals surface area contributed by atoms with Crippen LogP contribution in [-0.2, 0) is 19.6 Å². The second-order valence-electron chi connectivity index (χ2n) is 6.42. The van der Waals surface area contributed by atoms with Crippen molar-refractivity contribution in [2.24, 2.45) is 0 Å². The first kappa shape index (κ1) is 24.3. The van der Waals surface area contributed by atoms with E-state index in [1.807, 2.05) is 0 Å². The third-order valence-corrected chi connectivity index (χ3v) is 6.19. The summed E-state index contributed by atoms with van der Waals surface area (Å²) < 4.78 is 31.6. The van der Waals surface area contributed by atoms with E-state index in [0.29, 0.717) is 12.8 Å². The lowest BCUT2D eigenvalue weighted by atomic mass is 10.1. The maximum Gasteiger partial charge on any atom is 0.305 e. The lowest BCUT2D eigenvalue weighted by Gasteiger charge is -2.08. The van der Waals surface area contributed by atoms with Crippen LogP contribution in [0.4, 0.5) is 5.69 Å². The predicted molar refractivity (Wildman–Crippen MR) is 107 cm³/mol. The van der Waals surface area contributed by atoms with Crippen LogP contribution in [0.1, 0.15) is 57.8 Å². The molecule has 0 saturated carbocycles. The van der Waals surface area contributed by atoms with Gasteiger partial charge in [-0.25, -0.2) is 13.1 Å². The number of carbonyl (C=O) groups excluding carboxylic acids is 1. The van der Waals surface area contributed by atoms with Gasteiger partial charge in [0.2, 0.25) is 10.0 Å². The summed E-state index contributed by atoms with van der Waals surface area (Å²) in [5.41, 5.74) is -0.323. The number of ether oxygens (including phenoxy) is 1. The molecule has 0 aromatic heterocycles. The Morgan fingerprint density at radius 2 is 1.68 bits per heavy atom. The Balaban J connectivity index is 2.21. The van der Waals surface area contributed by atoms with Crippen molar-refractivity contribution in [3.8, 4) is 0 Å². The number of nitro groups is 1. The Kier molecular flexibility index (Phi) is 11.0.